The Morgan fingerprint density at radius 2 is 2.00 bits per heavy atom. The molecule has 1 aromatic heterocycles. The van der Waals surface area contributed by atoms with E-state index in [1.807, 2.05) is 0 Å². The lowest BCUT2D eigenvalue weighted by atomic mass is 9.95. The Balaban J connectivity index is 2.11. The molecule has 0 fully saturated rings. The van der Waals surface area contributed by atoms with E-state index < -0.39 is 5.41 Å². The summed E-state index contributed by atoms with van der Waals surface area (Å²) >= 11 is 11.6. The molecule has 1 amide bonds. The zero-order valence-corrected chi connectivity index (χ0v) is 13.2. The van der Waals surface area contributed by atoms with Gasteiger partial charge in [-0.2, -0.15) is 4.68 Å². The van der Waals surface area contributed by atoms with E-state index >= 15 is 0 Å². The average Bonchev–Trinajstić information content (AvgIpc) is 2.93. The summed E-state index contributed by atoms with van der Waals surface area (Å²) in [7, 11) is 0. The fraction of sp³-hybridized carbons (Fsp3) is 0.385. The molecule has 0 atom stereocenters. The van der Waals surface area contributed by atoms with Crippen LogP contribution in [0, 0.1) is 5.41 Å². The SMILES string of the molecule is CC(C)(CCl)C(=O)NCc1nnnn1-c1ccc(Cl)cc1. The topological polar surface area (TPSA) is 72.7 Å². The number of nitrogens with one attached hydrogen (secondary N) is 1. The Hall–Kier alpha value is -1.66. The Morgan fingerprint density at radius 3 is 2.62 bits per heavy atom. The van der Waals surface area contributed by atoms with Gasteiger partial charge in [0.25, 0.3) is 0 Å². The third kappa shape index (κ3) is 3.71. The lowest BCUT2D eigenvalue weighted by Gasteiger charge is -2.19. The van der Waals surface area contributed by atoms with E-state index in [1.54, 1.807) is 42.8 Å². The molecule has 0 aliphatic rings. The van der Waals surface area contributed by atoms with Gasteiger partial charge in [-0.05, 0) is 48.5 Å². The lowest BCUT2D eigenvalue weighted by molar-refractivity contribution is -0.128. The number of benzene rings is 1. The van der Waals surface area contributed by atoms with Crippen LogP contribution < -0.4 is 5.32 Å². The van der Waals surface area contributed by atoms with E-state index in [2.05, 4.69) is 20.8 Å². The van der Waals surface area contributed by atoms with Gasteiger partial charge in [0.05, 0.1) is 17.6 Å². The molecule has 2 aromatic rings. The Morgan fingerprint density at radius 1 is 1.33 bits per heavy atom. The highest BCUT2D eigenvalue weighted by Gasteiger charge is 2.26. The number of carbonyl (C=O) groups is 1. The molecule has 1 heterocycles. The van der Waals surface area contributed by atoms with Crippen LogP contribution in [0.15, 0.2) is 24.3 Å². The van der Waals surface area contributed by atoms with E-state index in [0.717, 1.165) is 5.69 Å². The molecular weight excluding hydrogens is 313 g/mol. The number of hydrogen-bond acceptors (Lipinski definition) is 4. The van der Waals surface area contributed by atoms with Crippen LogP contribution in [0.1, 0.15) is 19.7 Å². The number of halogens is 2. The zero-order chi connectivity index (χ0) is 15.5. The summed E-state index contributed by atoms with van der Waals surface area (Å²) in [5.74, 6) is 0.611. The van der Waals surface area contributed by atoms with E-state index in [1.165, 1.54) is 0 Å². The fourth-order valence-electron chi connectivity index (χ4n) is 1.56. The summed E-state index contributed by atoms with van der Waals surface area (Å²) in [4.78, 5) is 12.0. The van der Waals surface area contributed by atoms with Crippen LogP contribution in [0.2, 0.25) is 5.02 Å². The normalized spacial score (nSPS) is 11.4. The summed E-state index contributed by atoms with van der Waals surface area (Å²) in [6.45, 7) is 3.77. The first-order chi connectivity index (χ1) is 9.94. The molecule has 0 aliphatic heterocycles. The standard InChI is InChI=1S/C13H15Cl2N5O/c1-13(2,8-14)12(21)16-7-11-17-18-19-20(11)10-5-3-9(15)4-6-10/h3-6H,7-8H2,1-2H3,(H,16,21). The molecule has 2 rings (SSSR count). The second-order valence-electron chi connectivity index (χ2n) is 5.18. The first kappa shape index (κ1) is 15.7. The highest BCUT2D eigenvalue weighted by atomic mass is 35.5. The third-order valence-corrected chi connectivity index (χ3v) is 3.88. The van der Waals surface area contributed by atoms with Gasteiger partial charge in [-0.15, -0.1) is 16.7 Å². The van der Waals surface area contributed by atoms with Gasteiger partial charge < -0.3 is 5.32 Å². The largest absolute Gasteiger partial charge is 0.348 e. The summed E-state index contributed by atoms with van der Waals surface area (Å²) in [5, 5.41) is 14.9. The molecular formula is C13H15Cl2N5O. The van der Waals surface area contributed by atoms with Crippen molar-refractivity contribution >= 4 is 29.1 Å². The van der Waals surface area contributed by atoms with E-state index in [-0.39, 0.29) is 18.3 Å². The van der Waals surface area contributed by atoms with Gasteiger partial charge in [-0.3, -0.25) is 4.79 Å². The number of amides is 1. The molecule has 0 bridgehead atoms. The van der Waals surface area contributed by atoms with Crippen molar-refractivity contribution in [1.29, 1.82) is 0 Å². The third-order valence-electron chi connectivity index (χ3n) is 2.96. The van der Waals surface area contributed by atoms with Crippen molar-refractivity contribution in [2.75, 3.05) is 5.88 Å². The number of rotatable bonds is 5. The molecule has 1 N–H and O–H groups in total. The Bertz CT molecular complexity index is 624. The molecule has 0 spiro atoms. The van der Waals surface area contributed by atoms with Crippen molar-refractivity contribution in [2.24, 2.45) is 5.41 Å². The Kier molecular flexibility index (Phi) is 4.80. The summed E-state index contributed by atoms with van der Waals surface area (Å²) in [6.07, 6.45) is 0. The minimum Gasteiger partial charge on any atom is -0.348 e. The maximum atomic E-state index is 12.0. The first-order valence-electron chi connectivity index (χ1n) is 6.31. The van der Waals surface area contributed by atoms with E-state index in [9.17, 15) is 4.79 Å². The summed E-state index contributed by atoms with van der Waals surface area (Å²) in [6, 6.07) is 7.09. The maximum absolute atomic E-state index is 12.0. The van der Waals surface area contributed by atoms with Crippen molar-refractivity contribution in [2.45, 2.75) is 20.4 Å². The second-order valence-corrected chi connectivity index (χ2v) is 5.89. The minimum absolute atomic E-state index is 0.150. The van der Waals surface area contributed by atoms with Gasteiger partial charge in [-0.25, -0.2) is 0 Å². The van der Waals surface area contributed by atoms with Gasteiger partial charge in [0.1, 0.15) is 0 Å². The number of aromatic nitrogens is 4. The minimum atomic E-state index is -0.639. The fourth-order valence-corrected chi connectivity index (χ4v) is 1.81. The van der Waals surface area contributed by atoms with Gasteiger partial charge >= 0.3 is 0 Å². The maximum Gasteiger partial charge on any atom is 0.227 e. The van der Waals surface area contributed by atoms with E-state index in [0.29, 0.717) is 10.8 Å². The molecule has 21 heavy (non-hydrogen) atoms. The number of tetrazole rings is 1. The predicted molar refractivity (Wildman–Crippen MR) is 80.5 cm³/mol. The van der Waals surface area contributed by atoms with Crippen LogP contribution in [0.25, 0.3) is 5.69 Å². The number of nitrogens with zero attached hydrogens (tertiary/aromatic N) is 4. The predicted octanol–water partition coefficient (Wildman–Crippen LogP) is 2.20. The summed E-state index contributed by atoms with van der Waals surface area (Å²) < 4.78 is 1.55. The molecule has 8 heteroatoms. The monoisotopic (exact) mass is 327 g/mol. The van der Waals surface area contributed by atoms with Crippen LogP contribution in [0.5, 0.6) is 0 Å². The number of alkyl halides is 1. The first-order valence-corrected chi connectivity index (χ1v) is 7.23. The average molecular weight is 328 g/mol. The van der Waals surface area contributed by atoms with Crippen molar-refractivity contribution in [3.8, 4) is 5.69 Å². The van der Waals surface area contributed by atoms with Crippen molar-refractivity contribution in [3.63, 3.8) is 0 Å². The van der Waals surface area contributed by atoms with Crippen LogP contribution in [-0.4, -0.2) is 32.0 Å². The van der Waals surface area contributed by atoms with Gasteiger partial charge in [0.15, 0.2) is 5.82 Å². The lowest BCUT2D eigenvalue weighted by Crippen LogP contribution is -2.38. The molecule has 6 nitrogen and oxygen atoms in total. The van der Waals surface area contributed by atoms with E-state index in [4.69, 9.17) is 23.2 Å². The molecule has 0 unspecified atom stereocenters. The smallest absolute Gasteiger partial charge is 0.227 e. The molecule has 1 aromatic carbocycles. The number of carbonyl (C=O) groups excluding carboxylic acids is 1. The van der Waals surface area contributed by atoms with Gasteiger partial charge in [0, 0.05) is 10.9 Å². The van der Waals surface area contributed by atoms with Gasteiger partial charge in [-0.1, -0.05) is 11.6 Å². The molecule has 0 saturated heterocycles. The quantitative estimate of drug-likeness (QED) is 0.854. The van der Waals surface area contributed by atoms with Gasteiger partial charge in [0.2, 0.25) is 5.91 Å². The van der Waals surface area contributed by atoms with Crippen molar-refractivity contribution in [3.05, 3.63) is 35.1 Å². The molecule has 0 radical (unpaired) electrons. The molecule has 112 valence electrons. The Labute approximate surface area is 132 Å². The highest BCUT2D eigenvalue weighted by Crippen LogP contribution is 2.17. The van der Waals surface area contributed by atoms with Crippen LogP contribution in [0.3, 0.4) is 0 Å². The molecule has 0 saturated carbocycles. The van der Waals surface area contributed by atoms with Crippen LogP contribution >= 0.6 is 23.2 Å². The van der Waals surface area contributed by atoms with Crippen molar-refractivity contribution < 1.29 is 4.79 Å². The molecule has 0 aliphatic carbocycles. The summed E-state index contributed by atoms with van der Waals surface area (Å²) in [5.41, 5.74) is 0.130. The van der Waals surface area contributed by atoms with Crippen LogP contribution in [-0.2, 0) is 11.3 Å². The zero-order valence-electron chi connectivity index (χ0n) is 11.7. The highest BCUT2D eigenvalue weighted by molar-refractivity contribution is 6.30. The number of hydrogen-bond donors (Lipinski definition) is 1. The second kappa shape index (κ2) is 6.41. The van der Waals surface area contributed by atoms with Crippen molar-refractivity contribution in [1.82, 2.24) is 25.5 Å². The van der Waals surface area contributed by atoms with Crippen LogP contribution in [0.4, 0.5) is 0 Å².